The molecule has 0 amide bonds. The van der Waals surface area contributed by atoms with Gasteiger partial charge in [0.25, 0.3) is 0 Å². The largest absolute Gasteiger partial charge is 0.490 e. The van der Waals surface area contributed by atoms with Crippen LogP contribution in [-0.2, 0) is 18.6 Å². The van der Waals surface area contributed by atoms with E-state index in [1.807, 2.05) is 36.4 Å². The average molecular weight is 664 g/mol. The molecule has 48 heavy (non-hydrogen) atoms. The first kappa shape index (κ1) is 33.2. The van der Waals surface area contributed by atoms with E-state index < -0.39 is 5.41 Å². The second kappa shape index (κ2) is 15.0. The van der Waals surface area contributed by atoms with Crippen LogP contribution >= 0.6 is 11.6 Å². The van der Waals surface area contributed by atoms with Crippen molar-refractivity contribution in [3.63, 3.8) is 0 Å². The van der Waals surface area contributed by atoms with Crippen molar-refractivity contribution in [2.75, 3.05) is 26.3 Å². The van der Waals surface area contributed by atoms with Gasteiger partial charge in [-0.3, -0.25) is 9.69 Å². The van der Waals surface area contributed by atoms with Crippen molar-refractivity contribution >= 4 is 23.5 Å². The molecule has 1 saturated heterocycles. The van der Waals surface area contributed by atoms with Crippen molar-refractivity contribution in [1.29, 1.82) is 5.26 Å². The van der Waals surface area contributed by atoms with Crippen molar-refractivity contribution in [2.24, 2.45) is 11.8 Å². The molecule has 1 aromatic heterocycles. The number of benzene rings is 3. The van der Waals surface area contributed by atoms with Gasteiger partial charge in [-0.2, -0.15) is 5.26 Å². The number of hydrogen-bond acceptors (Lipinski definition) is 8. The predicted molar refractivity (Wildman–Crippen MR) is 184 cm³/mol. The molecule has 1 fully saturated rings. The Bertz CT molecular complexity index is 1840. The number of carbonyl (C=O) groups excluding carboxylic acids is 1. The second-order valence-electron chi connectivity index (χ2n) is 12.5. The number of hydrogen-bond donors (Lipinski definition) is 1. The first-order valence-corrected chi connectivity index (χ1v) is 16.6. The van der Waals surface area contributed by atoms with Gasteiger partial charge in [-0.05, 0) is 66.7 Å². The highest BCUT2D eigenvalue weighted by Gasteiger charge is 2.44. The maximum atomic E-state index is 12.0. The number of piperidine rings is 1. The van der Waals surface area contributed by atoms with Gasteiger partial charge >= 0.3 is 0 Å². The number of aromatic nitrogens is 1. The van der Waals surface area contributed by atoms with Gasteiger partial charge in [0, 0.05) is 31.2 Å². The molecule has 2 unspecified atom stereocenters. The summed E-state index contributed by atoms with van der Waals surface area (Å²) in [5.41, 5.74) is 3.96. The van der Waals surface area contributed by atoms with Crippen LogP contribution in [0.5, 0.6) is 11.5 Å². The Labute approximate surface area is 285 Å². The Morgan fingerprint density at radius 3 is 2.65 bits per heavy atom. The van der Waals surface area contributed by atoms with Crippen molar-refractivity contribution in [3.8, 4) is 17.6 Å². The second-order valence-corrected chi connectivity index (χ2v) is 12.9. The molecule has 4 aromatic rings. The fraction of sp³-hybridized carbons (Fsp3) is 0.308. The summed E-state index contributed by atoms with van der Waals surface area (Å²) in [6, 6.07) is 24.7. The summed E-state index contributed by atoms with van der Waals surface area (Å²) < 4.78 is 18.7. The van der Waals surface area contributed by atoms with Crippen molar-refractivity contribution in [2.45, 2.75) is 38.3 Å². The van der Waals surface area contributed by atoms with E-state index in [-0.39, 0.29) is 30.8 Å². The molecule has 1 aliphatic carbocycles. The molecule has 8 nitrogen and oxygen atoms in total. The molecule has 2 aliphatic rings. The number of halogens is 1. The smallest absolute Gasteiger partial charge is 0.153 e. The van der Waals surface area contributed by atoms with Gasteiger partial charge in [0.05, 0.1) is 33.3 Å². The third-order valence-electron chi connectivity index (χ3n) is 9.49. The third-order valence-corrected chi connectivity index (χ3v) is 9.79. The molecule has 246 valence electrons. The van der Waals surface area contributed by atoms with E-state index in [9.17, 15) is 15.2 Å². The van der Waals surface area contributed by atoms with E-state index in [1.165, 1.54) is 0 Å². The lowest BCUT2D eigenvalue weighted by molar-refractivity contribution is 0.111. The standard InChI is InChI=1S/C39H38ClN3O5/c1-27-34(31-9-3-2-4-10-31)11-6-14-39(27,38-19-33(42-48-38)22-43-15-12-28(23-44)13-16-43)26-47-37-20-36(32(24-45)18-35(37)40)46-25-30-8-5-7-29(17-30)21-41/h2-11,14,17-20,24,27-28,44H,12-13,15-16,22-23,25-26H2,1H3. The number of carbonyl (C=O) groups is 1. The van der Waals surface area contributed by atoms with Crippen LogP contribution in [0.3, 0.4) is 0 Å². The molecule has 1 aliphatic heterocycles. The molecule has 0 bridgehead atoms. The number of likely N-dealkylation sites (tertiary alicyclic amines) is 1. The van der Waals surface area contributed by atoms with Crippen LogP contribution in [0.4, 0.5) is 0 Å². The summed E-state index contributed by atoms with van der Waals surface area (Å²) in [6.07, 6.45) is 8.89. The van der Waals surface area contributed by atoms with Gasteiger partial charge in [0.2, 0.25) is 0 Å². The Morgan fingerprint density at radius 2 is 1.90 bits per heavy atom. The molecule has 0 saturated carbocycles. The fourth-order valence-corrected chi connectivity index (χ4v) is 6.76. The quantitative estimate of drug-likeness (QED) is 0.156. The van der Waals surface area contributed by atoms with Crippen LogP contribution in [0.2, 0.25) is 5.02 Å². The number of nitrogens with zero attached hydrogens (tertiary/aromatic N) is 3. The topological polar surface area (TPSA) is 109 Å². The van der Waals surface area contributed by atoms with Crippen molar-refractivity contribution in [3.05, 3.63) is 130 Å². The third kappa shape index (κ3) is 7.24. The Kier molecular flexibility index (Phi) is 10.4. The molecule has 6 rings (SSSR count). The molecule has 0 spiro atoms. The molecule has 3 aromatic carbocycles. The van der Waals surface area contributed by atoms with Gasteiger partial charge in [-0.15, -0.1) is 0 Å². The van der Waals surface area contributed by atoms with E-state index in [2.05, 4.69) is 47.3 Å². The number of rotatable bonds is 12. The molecule has 2 atom stereocenters. The molecular weight excluding hydrogens is 626 g/mol. The van der Waals surface area contributed by atoms with Crippen molar-refractivity contribution in [1.82, 2.24) is 10.1 Å². The van der Waals surface area contributed by atoms with Gasteiger partial charge in [0.15, 0.2) is 12.0 Å². The summed E-state index contributed by atoms with van der Waals surface area (Å²) in [4.78, 5) is 14.3. The first-order valence-electron chi connectivity index (χ1n) is 16.2. The Morgan fingerprint density at radius 1 is 1.08 bits per heavy atom. The normalized spacial score (nSPS) is 19.8. The lowest BCUT2D eigenvalue weighted by Gasteiger charge is -2.38. The Balaban J connectivity index is 1.28. The predicted octanol–water partition coefficient (Wildman–Crippen LogP) is 7.40. The zero-order chi connectivity index (χ0) is 33.5. The highest BCUT2D eigenvalue weighted by Crippen LogP contribution is 2.46. The number of aldehydes is 1. The highest BCUT2D eigenvalue weighted by molar-refractivity contribution is 6.32. The first-order chi connectivity index (χ1) is 23.4. The minimum Gasteiger partial charge on any atom is -0.490 e. The number of aliphatic hydroxyl groups excluding tert-OH is 1. The maximum Gasteiger partial charge on any atom is 0.153 e. The van der Waals surface area contributed by atoms with Crippen LogP contribution in [0.15, 0.2) is 95.5 Å². The average Bonchev–Trinajstić information content (AvgIpc) is 3.60. The number of nitriles is 1. The molecule has 2 heterocycles. The molecular formula is C39H38ClN3O5. The molecule has 9 heteroatoms. The minimum absolute atomic E-state index is 0.0674. The van der Waals surface area contributed by atoms with Gasteiger partial charge in [0.1, 0.15) is 24.7 Å². The van der Waals surface area contributed by atoms with Gasteiger partial charge < -0.3 is 19.1 Å². The van der Waals surface area contributed by atoms with E-state index in [1.54, 1.807) is 30.3 Å². The summed E-state index contributed by atoms with van der Waals surface area (Å²) in [5, 5.41) is 23.6. The van der Waals surface area contributed by atoms with Crippen LogP contribution in [0.25, 0.3) is 5.57 Å². The summed E-state index contributed by atoms with van der Waals surface area (Å²) in [6.45, 7) is 5.20. The number of aliphatic hydroxyl groups is 1. The summed E-state index contributed by atoms with van der Waals surface area (Å²) >= 11 is 6.68. The van der Waals surface area contributed by atoms with Gasteiger partial charge in [-0.1, -0.05) is 84.4 Å². The molecule has 0 radical (unpaired) electrons. The van der Waals surface area contributed by atoms with Crippen LogP contribution in [-0.4, -0.2) is 47.8 Å². The lowest BCUT2D eigenvalue weighted by atomic mass is 9.67. The van der Waals surface area contributed by atoms with E-state index in [0.717, 1.165) is 48.3 Å². The molecule has 1 N–H and O–H groups in total. The zero-order valence-corrected chi connectivity index (χ0v) is 27.6. The highest BCUT2D eigenvalue weighted by atomic mass is 35.5. The summed E-state index contributed by atoms with van der Waals surface area (Å²) in [5.74, 6) is 1.67. The SMILES string of the molecule is CC1C(c2ccccc2)=CC=CC1(COc1cc(OCc2cccc(C#N)c2)c(C=O)cc1Cl)c1cc(CN2CCC(CO)CC2)no1. The van der Waals surface area contributed by atoms with Crippen LogP contribution < -0.4 is 9.47 Å². The monoisotopic (exact) mass is 663 g/mol. The zero-order valence-electron chi connectivity index (χ0n) is 26.8. The Hall–Kier alpha value is -4.68. The fourth-order valence-electron chi connectivity index (χ4n) is 6.53. The van der Waals surface area contributed by atoms with Crippen LogP contribution in [0, 0.1) is 23.2 Å². The van der Waals surface area contributed by atoms with E-state index >= 15 is 0 Å². The number of ether oxygens (including phenoxy) is 2. The van der Waals surface area contributed by atoms with E-state index in [4.69, 9.17) is 25.6 Å². The van der Waals surface area contributed by atoms with Crippen LogP contribution in [0.1, 0.15) is 58.3 Å². The van der Waals surface area contributed by atoms with Crippen molar-refractivity contribution < 1.29 is 23.9 Å². The summed E-state index contributed by atoms with van der Waals surface area (Å²) in [7, 11) is 0. The van der Waals surface area contributed by atoms with Gasteiger partial charge in [-0.25, -0.2) is 0 Å². The number of allylic oxidation sites excluding steroid dienone is 3. The van der Waals surface area contributed by atoms with E-state index in [0.29, 0.717) is 47.1 Å². The minimum atomic E-state index is -0.736. The lowest BCUT2D eigenvalue weighted by Crippen LogP contribution is -2.39. The maximum absolute atomic E-state index is 12.0.